The zero-order valence-corrected chi connectivity index (χ0v) is 12.3. The molecule has 0 atom stereocenters. The number of hydrogen-bond donors (Lipinski definition) is 0. The number of ether oxygens (including phenoxy) is 1. The summed E-state index contributed by atoms with van der Waals surface area (Å²) in [4.78, 5) is 0. The molecule has 18 heavy (non-hydrogen) atoms. The van der Waals surface area contributed by atoms with Crippen LogP contribution >= 0.6 is 0 Å². The van der Waals surface area contributed by atoms with Crippen LogP contribution in [0.4, 0.5) is 0 Å². The Kier molecular flexibility index (Phi) is 3.70. The molecule has 0 unspecified atom stereocenters. The second-order valence-corrected chi connectivity index (χ2v) is 6.71. The van der Waals surface area contributed by atoms with Crippen LogP contribution < -0.4 is 4.74 Å². The van der Waals surface area contributed by atoms with Gasteiger partial charge in [0.25, 0.3) is 0 Å². The van der Waals surface area contributed by atoms with E-state index in [1.54, 1.807) is 0 Å². The summed E-state index contributed by atoms with van der Waals surface area (Å²) in [6.07, 6.45) is 5.45. The fourth-order valence-electron chi connectivity index (χ4n) is 2.98. The highest BCUT2D eigenvalue weighted by Gasteiger charge is 2.43. The molecule has 0 spiro atoms. The zero-order chi connectivity index (χ0) is 13.2. The average Bonchev–Trinajstić information content (AvgIpc) is 2.77. The van der Waals surface area contributed by atoms with E-state index in [-0.39, 0.29) is 5.41 Å². The predicted octanol–water partition coefficient (Wildman–Crippen LogP) is 4.98. The van der Waals surface area contributed by atoms with E-state index in [1.165, 1.54) is 31.2 Å². The van der Waals surface area contributed by atoms with E-state index in [9.17, 15) is 0 Å². The van der Waals surface area contributed by atoms with Crippen molar-refractivity contribution in [2.24, 2.45) is 10.8 Å². The summed E-state index contributed by atoms with van der Waals surface area (Å²) in [6, 6.07) is 8.29. The lowest BCUT2D eigenvalue weighted by molar-refractivity contribution is 0.0386. The highest BCUT2D eigenvalue weighted by Crippen LogP contribution is 2.51. The maximum atomic E-state index is 6.08. The maximum absolute atomic E-state index is 6.08. The van der Waals surface area contributed by atoms with Crippen LogP contribution in [0.1, 0.15) is 52.0 Å². The van der Waals surface area contributed by atoms with E-state index in [4.69, 9.17) is 4.74 Å². The summed E-state index contributed by atoms with van der Waals surface area (Å²) in [5.74, 6) is 1.03. The van der Waals surface area contributed by atoms with Gasteiger partial charge in [-0.1, -0.05) is 51.8 Å². The lowest BCUT2D eigenvalue weighted by Gasteiger charge is -2.41. The lowest BCUT2D eigenvalue weighted by Crippen LogP contribution is -2.38. The van der Waals surface area contributed by atoms with Crippen molar-refractivity contribution in [1.82, 2.24) is 0 Å². The summed E-state index contributed by atoms with van der Waals surface area (Å²) < 4.78 is 6.08. The number of para-hydroxylation sites is 1. The molecule has 1 aliphatic carbocycles. The van der Waals surface area contributed by atoms with E-state index >= 15 is 0 Å². The summed E-state index contributed by atoms with van der Waals surface area (Å²) in [7, 11) is 0. The monoisotopic (exact) mass is 246 g/mol. The molecule has 0 amide bonds. The maximum Gasteiger partial charge on any atom is 0.122 e. The molecule has 1 heteroatoms. The molecule has 0 saturated heterocycles. The number of hydrogen-bond acceptors (Lipinski definition) is 1. The van der Waals surface area contributed by atoms with Crippen LogP contribution in [0.2, 0.25) is 0 Å². The van der Waals surface area contributed by atoms with E-state index in [2.05, 4.69) is 45.9 Å². The SMILES string of the molecule is Cc1ccccc1OCC(C)(C)C1(C)CCCC1. The largest absolute Gasteiger partial charge is 0.493 e. The third-order valence-corrected chi connectivity index (χ3v) is 5.02. The summed E-state index contributed by atoms with van der Waals surface area (Å²) in [6.45, 7) is 10.1. The number of rotatable bonds is 4. The Labute approximate surface area is 112 Å². The van der Waals surface area contributed by atoms with E-state index in [0.717, 1.165) is 12.4 Å². The fraction of sp³-hybridized carbons (Fsp3) is 0.647. The van der Waals surface area contributed by atoms with Gasteiger partial charge >= 0.3 is 0 Å². The van der Waals surface area contributed by atoms with Gasteiger partial charge in [0.1, 0.15) is 5.75 Å². The third kappa shape index (κ3) is 2.55. The summed E-state index contributed by atoms with van der Waals surface area (Å²) in [5.41, 5.74) is 1.91. The zero-order valence-electron chi connectivity index (χ0n) is 12.3. The van der Waals surface area contributed by atoms with Crippen molar-refractivity contribution in [2.75, 3.05) is 6.61 Å². The highest BCUT2D eigenvalue weighted by molar-refractivity contribution is 5.31. The molecule has 0 N–H and O–H groups in total. The summed E-state index contributed by atoms with van der Waals surface area (Å²) in [5, 5.41) is 0. The lowest BCUT2D eigenvalue weighted by atomic mass is 9.66. The molecule has 0 heterocycles. The molecular weight excluding hydrogens is 220 g/mol. The Balaban J connectivity index is 2.03. The molecule has 1 fully saturated rings. The van der Waals surface area contributed by atoms with Gasteiger partial charge in [0.05, 0.1) is 6.61 Å². The van der Waals surface area contributed by atoms with Crippen LogP contribution in [0.3, 0.4) is 0 Å². The Morgan fingerprint density at radius 2 is 1.78 bits per heavy atom. The van der Waals surface area contributed by atoms with Crippen LogP contribution in [-0.4, -0.2) is 6.61 Å². The Morgan fingerprint density at radius 1 is 1.17 bits per heavy atom. The van der Waals surface area contributed by atoms with Crippen LogP contribution in [0, 0.1) is 17.8 Å². The standard InChI is InChI=1S/C17H26O/c1-14-9-5-6-10-15(14)18-13-16(2,3)17(4)11-7-8-12-17/h5-6,9-10H,7-8,11-13H2,1-4H3. The van der Waals surface area contributed by atoms with Crippen molar-refractivity contribution in [3.05, 3.63) is 29.8 Å². The third-order valence-electron chi connectivity index (χ3n) is 5.02. The first-order valence-corrected chi connectivity index (χ1v) is 7.13. The second-order valence-electron chi connectivity index (χ2n) is 6.71. The van der Waals surface area contributed by atoms with Gasteiger partial charge in [-0.05, 0) is 36.8 Å². The molecular formula is C17H26O. The van der Waals surface area contributed by atoms with Crippen LogP contribution in [0.5, 0.6) is 5.75 Å². The van der Waals surface area contributed by atoms with Crippen LogP contribution in [0.15, 0.2) is 24.3 Å². The molecule has 100 valence electrons. The smallest absolute Gasteiger partial charge is 0.122 e. The quantitative estimate of drug-likeness (QED) is 0.728. The van der Waals surface area contributed by atoms with Gasteiger partial charge in [-0.15, -0.1) is 0 Å². The van der Waals surface area contributed by atoms with Crippen molar-refractivity contribution in [3.8, 4) is 5.75 Å². The molecule has 0 aromatic heterocycles. The molecule has 0 radical (unpaired) electrons. The molecule has 2 rings (SSSR count). The van der Waals surface area contributed by atoms with Crippen molar-refractivity contribution in [1.29, 1.82) is 0 Å². The van der Waals surface area contributed by atoms with Gasteiger partial charge in [0.2, 0.25) is 0 Å². The molecule has 1 aromatic rings. The van der Waals surface area contributed by atoms with Crippen molar-refractivity contribution in [2.45, 2.75) is 53.4 Å². The van der Waals surface area contributed by atoms with Crippen LogP contribution in [0.25, 0.3) is 0 Å². The Bertz CT molecular complexity index is 400. The van der Waals surface area contributed by atoms with Crippen molar-refractivity contribution in [3.63, 3.8) is 0 Å². The van der Waals surface area contributed by atoms with Crippen molar-refractivity contribution < 1.29 is 4.74 Å². The first-order valence-electron chi connectivity index (χ1n) is 7.13. The minimum atomic E-state index is 0.242. The second kappa shape index (κ2) is 4.95. The molecule has 0 bridgehead atoms. The fourth-order valence-corrected chi connectivity index (χ4v) is 2.98. The van der Waals surface area contributed by atoms with E-state index in [0.29, 0.717) is 5.41 Å². The topological polar surface area (TPSA) is 9.23 Å². The molecule has 0 aliphatic heterocycles. The molecule has 1 aliphatic rings. The molecule has 1 aromatic carbocycles. The van der Waals surface area contributed by atoms with Gasteiger partial charge in [-0.25, -0.2) is 0 Å². The minimum absolute atomic E-state index is 0.242. The van der Waals surface area contributed by atoms with Crippen LogP contribution in [-0.2, 0) is 0 Å². The summed E-state index contributed by atoms with van der Waals surface area (Å²) >= 11 is 0. The molecule has 1 nitrogen and oxygen atoms in total. The van der Waals surface area contributed by atoms with Crippen molar-refractivity contribution >= 4 is 0 Å². The number of benzene rings is 1. The molecule has 1 saturated carbocycles. The predicted molar refractivity (Wildman–Crippen MR) is 77.0 cm³/mol. The average molecular weight is 246 g/mol. The van der Waals surface area contributed by atoms with Gasteiger partial charge in [-0.2, -0.15) is 0 Å². The minimum Gasteiger partial charge on any atom is -0.493 e. The normalized spacial score (nSPS) is 18.9. The first kappa shape index (κ1) is 13.5. The van der Waals surface area contributed by atoms with Gasteiger partial charge in [0.15, 0.2) is 0 Å². The van der Waals surface area contributed by atoms with Gasteiger partial charge in [-0.3, -0.25) is 0 Å². The van der Waals surface area contributed by atoms with E-state index < -0.39 is 0 Å². The van der Waals surface area contributed by atoms with E-state index in [1.807, 2.05) is 6.07 Å². The van der Waals surface area contributed by atoms with Gasteiger partial charge < -0.3 is 4.74 Å². The highest BCUT2D eigenvalue weighted by atomic mass is 16.5. The Morgan fingerprint density at radius 3 is 2.39 bits per heavy atom. The number of aryl methyl sites for hydroxylation is 1. The van der Waals surface area contributed by atoms with Gasteiger partial charge in [0, 0.05) is 5.41 Å². The Hall–Kier alpha value is -0.980. The first-order chi connectivity index (χ1) is 8.45.